The zero-order chi connectivity index (χ0) is 88.8. The first-order valence-electron chi connectivity index (χ1n) is 39.3. The first-order valence-corrected chi connectivity index (χ1v) is 43.4. The van der Waals surface area contributed by atoms with Gasteiger partial charge in [-0.3, -0.25) is 33.1 Å². The van der Waals surface area contributed by atoms with Gasteiger partial charge in [0.25, 0.3) is 23.7 Å². The molecule has 124 heavy (non-hydrogen) atoms. The number of ketones is 1. The van der Waals surface area contributed by atoms with Gasteiger partial charge in [0.2, 0.25) is 0 Å². The molecule has 39 heteroatoms. The van der Waals surface area contributed by atoms with Crippen molar-refractivity contribution in [3.05, 3.63) is 200 Å². The quantitative estimate of drug-likeness (QED) is 0.0447. The van der Waals surface area contributed by atoms with Gasteiger partial charge in [0.15, 0.2) is 36.8 Å². The minimum Gasteiger partial charge on any atom is -0.381 e. The SMILES string of the molecule is Cn1nc(CS(C)(=O)=O)c2cccc(-c3ccc(C#CC4CCOCC4)nc3[C@@H](CC(=O)Cn3nc(C(F)(F)F)c4c3C(F)(F)[C@@H]3C[C@H]43)Cc3cc(F)cc(F)c3)c21.Cn1nc(CS(C)(=O)=O)c2cccc(-c3ccc(C#CC4CCOCC4)nc3[C@@H](N)Cc3cc(F)cc(F)c3)c21.O=C(Cn1nc(C(F)(F)F)c2c1C(F)(F)[C@@H]1C[C@H]21)ON1C(=O)CCC1=O. The molecule has 5 fully saturated rings. The average molecular weight is 1770 g/mol. The fourth-order valence-corrected chi connectivity index (χ4v) is 18.5. The van der Waals surface area contributed by atoms with Gasteiger partial charge in [-0.1, -0.05) is 48.2 Å². The number of ether oxygens (including phenoxy) is 2. The summed E-state index contributed by atoms with van der Waals surface area (Å²) in [6.45, 7) is 0.442. The Hall–Kier alpha value is -11.3. The van der Waals surface area contributed by atoms with Crippen LogP contribution in [0.3, 0.4) is 0 Å². The Morgan fingerprint density at radius 1 is 0.565 bits per heavy atom. The van der Waals surface area contributed by atoms with Crippen LogP contribution < -0.4 is 5.73 Å². The zero-order valence-electron chi connectivity index (χ0n) is 66.4. The number of fused-ring (bicyclic) bond motifs is 8. The third-order valence-corrected chi connectivity index (χ3v) is 24.2. The molecule has 0 bridgehead atoms. The van der Waals surface area contributed by atoms with Crippen LogP contribution in [0.15, 0.2) is 97.1 Å². The molecule has 0 radical (unpaired) electrons. The fraction of sp³-hybridized carbons (Fsp3) is 0.412. The van der Waals surface area contributed by atoms with Gasteiger partial charge in [-0.05, 0) is 135 Å². The normalized spacial score (nSPS) is 19.4. The molecule has 17 rings (SSSR count). The van der Waals surface area contributed by atoms with Crippen LogP contribution in [-0.2, 0) is 129 Å². The molecule has 2 saturated carbocycles. The molecular formula is C85H76F14N12O11S2. The van der Waals surface area contributed by atoms with Gasteiger partial charge in [-0.15, -0.1) is 5.06 Å². The lowest BCUT2D eigenvalue weighted by molar-refractivity contribution is -0.198. The summed E-state index contributed by atoms with van der Waals surface area (Å²) in [5, 5.41) is 17.1. The number of hydrogen-bond donors (Lipinski definition) is 1. The Morgan fingerprint density at radius 3 is 1.40 bits per heavy atom. The predicted molar refractivity (Wildman–Crippen MR) is 416 cm³/mol. The molecule has 23 nitrogen and oxygen atoms in total. The van der Waals surface area contributed by atoms with E-state index in [1.807, 2.05) is 30.3 Å². The van der Waals surface area contributed by atoms with Crippen LogP contribution in [0.2, 0.25) is 0 Å². The summed E-state index contributed by atoms with van der Waals surface area (Å²) in [4.78, 5) is 63.0. The van der Waals surface area contributed by atoms with Crippen LogP contribution in [-0.4, -0.2) is 133 Å². The number of nitrogens with zero attached hydrogens (tertiary/aromatic N) is 11. The van der Waals surface area contributed by atoms with Gasteiger partial charge in [0.05, 0.1) is 51.4 Å². The van der Waals surface area contributed by atoms with E-state index in [4.69, 9.17) is 25.2 Å². The van der Waals surface area contributed by atoms with E-state index in [-0.39, 0.29) is 88.6 Å². The maximum Gasteiger partial charge on any atom is 0.435 e. The smallest absolute Gasteiger partial charge is 0.381 e. The number of alkyl halides is 10. The number of benzene rings is 4. The van der Waals surface area contributed by atoms with Gasteiger partial charge >= 0.3 is 18.3 Å². The number of aryl methyl sites for hydroxylation is 2. The Labute approximate surface area is 698 Å². The first-order chi connectivity index (χ1) is 58.5. The summed E-state index contributed by atoms with van der Waals surface area (Å²) < 4.78 is 262. The van der Waals surface area contributed by atoms with Crippen LogP contribution in [0.5, 0.6) is 0 Å². The molecule has 10 aromatic rings. The van der Waals surface area contributed by atoms with E-state index in [1.54, 1.807) is 49.1 Å². The molecule has 0 spiro atoms. The largest absolute Gasteiger partial charge is 0.435 e. The standard InChI is InChI=1S/C41H36F7N5O4S.C30H30F2N4O3S.C14H10F5N3O4/c1-52-37-30(4-3-5-31(37)34(50-52)21-58(2,55)56)29-9-8-27(7-6-22-10-12-57-13-11-22)49-36(29)24(14-23-15-25(42)18-26(43)16-23)17-28(54)20-53-39-35(38(51-53)41(46,47)48)32-19-33(32)40(39,44)45;1-36-30-25(4-3-5-26(30)28(35-36)18-40(2,37)38)24-9-8-23(7-6-19-10-12-39-13-11-19)34-29(24)27(33)16-20-14-21(31)17-22(32)15-20;15-13(16)6-3-5(6)10-11(14(17,18)19)20-21(12(10)13)4-9(25)26-22-7(23)1-2-8(22)24/h3-5,8-9,15-16,18,22,24,32-33H,10-14,17,19-21H2,1-2H3;3-5,8-9,14-15,17,19,27H,10-13,16,18,33H2,1-2H3;5-6H,1-4H2/t24-,32+,33-;27-;5-,6+/m100/s1. The number of pyridine rings is 2. The Balaban J connectivity index is 0.000000156. The molecule has 4 aromatic carbocycles. The summed E-state index contributed by atoms with van der Waals surface area (Å²) in [7, 11) is -3.42. The fourth-order valence-electron chi connectivity index (χ4n) is 17.1. The number of para-hydroxylation sites is 2. The number of carbonyl (C=O) groups excluding carboxylic acids is 4. The zero-order valence-corrected chi connectivity index (χ0v) is 68.0. The van der Waals surface area contributed by atoms with E-state index in [0.717, 1.165) is 48.4 Å². The molecule has 3 saturated heterocycles. The molecule has 2 amide bonds. The average Bonchev–Trinajstić information content (AvgIpc) is 1.52. The lowest BCUT2D eigenvalue weighted by Gasteiger charge is -2.21. The lowest BCUT2D eigenvalue weighted by Crippen LogP contribution is -2.34. The van der Waals surface area contributed by atoms with Crippen molar-refractivity contribution in [2.75, 3.05) is 38.9 Å². The highest BCUT2D eigenvalue weighted by atomic mass is 32.2. The van der Waals surface area contributed by atoms with E-state index in [2.05, 4.69) is 48.9 Å². The highest BCUT2D eigenvalue weighted by Crippen LogP contribution is 2.70. The minimum absolute atomic E-state index is 0.0179. The number of Topliss-reactive ketones (excluding diaryl/α,β-unsaturated/α-hetero) is 1. The van der Waals surface area contributed by atoms with Crippen LogP contribution in [0.25, 0.3) is 44.1 Å². The lowest BCUT2D eigenvalue weighted by atomic mass is 9.86. The van der Waals surface area contributed by atoms with Crippen molar-refractivity contribution in [3.63, 3.8) is 0 Å². The Kier molecular flexibility index (Phi) is 23.8. The van der Waals surface area contributed by atoms with Gasteiger partial charge < -0.3 is 20.0 Å². The summed E-state index contributed by atoms with van der Waals surface area (Å²) in [6, 6.07) is 23.3. The number of nitrogens with two attached hydrogens (primary N) is 1. The summed E-state index contributed by atoms with van der Waals surface area (Å²) in [5.74, 6) is -7.08. The maximum absolute atomic E-state index is 15.4. The molecule has 652 valence electrons. The summed E-state index contributed by atoms with van der Waals surface area (Å²) >= 11 is 0. The Morgan fingerprint density at radius 2 is 0.976 bits per heavy atom. The van der Waals surface area contributed by atoms with Crippen molar-refractivity contribution < 1.29 is 112 Å². The van der Waals surface area contributed by atoms with Gasteiger partial charge in [0.1, 0.15) is 59.1 Å². The van der Waals surface area contributed by atoms with Crippen molar-refractivity contribution in [2.45, 2.75) is 143 Å². The first kappa shape index (κ1) is 87.6. The number of hydroxylamine groups is 2. The van der Waals surface area contributed by atoms with Crippen LogP contribution in [0.1, 0.15) is 161 Å². The number of aromatic nitrogens is 10. The summed E-state index contributed by atoms with van der Waals surface area (Å²) in [5.41, 5.74) is 7.25. The van der Waals surface area contributed by atoms with E-state index in [9.17, 15) is 88.7 Å². The summed E-state index contributed by atoms with van der Waals surface area (Å²) in [6.07, 6.45) is -5.71. The second-order valence-electron chi connectivity index (χ2n) is 32.0. The highest BCUT2D eigenvalue weighted by Gasteiger charge is 2.70. The topological polar surface area (TPSA) is 291 Å². The molecule has 6 atom stereocenters. The van der Waals surface area contributed by atoms with Crippen molar-refractivity contribution in [1.82, 2.24) is 54.2 Å². The van der Waals surface area contributed by atoms with Crippen molar-refractivity contribution in [1.29, 1.82) is 0 Å². The maximum atomic E-state index is 15.4. The second kappa shape index (κ2) is 33.7. The molecule has 9 heterocycles. The van der Waals surface area contributed by atoms with E-state index >= 15 is 8.78 Å². The van der Waals surface area contributed by atoms with Crippen molar-refractivity contribution in [3.8, 4) is 45.9 Å². The van der Waals surface area contributed by atoms with Gasteiger partial charge in [-0.25, -0.2) is 49.2 Å². The van der Waals surface area contributed by atoms with Crippen LogP contribution in [0, 0.1) is 70.6 Å². The van der Waals surface area contributed by atoms with Gasteiger partial charge in [0, 0.05) is 158 Å². The molecule has 3 aliphatic heterocycles. The van der Waals surface area contributed by atoms with Crippen LogP contribution in [0.4, 0.5) is 61.5 Å². The number of imide groups is 1. The third kappa shape index (κ3) is 18.6. The highest BCUT2D eigenvalue weighted by molar-refractivity contribution is 7.90. The number of sulfone groups is 2. The molecule has 2 N–H and O–H groups in total. The molecule has 4 aliphatic carbocycles. The Bertz CT molecular complexity index is 6290. The number of carbonyl (C=O) groups is 4. The molecule has 6 aromatic heterocycles. The second-order valence-corrected chi connectivity index (χ2v) is 36.3. The molecular weight excluding hydrogens is 1700 g/mol. The minimum atomic E-state index is -5.03. The predicted octanol–water partition coefficient (Wildman–Crippen LogP) is 13.8. The molecule has 0 unspecified atom stereocenters. The number of rotatable bonds is 19. The number of amides is 2. The monoisotopic (exact) mass is 1770 g/mol. The van der Waals surface area contributed by atoms with Crippen molar-refractivity contribution >= 4 is 65.0 Å². The van der Waals surface area contributed by atoms with E-state index in [1.165, 1.54) is 23.1 Å². The number of halogens is 14. The third-order valence-electron chi connectivity index (χ3n) is 22.6. The van der Waals surface area contributed by atoms with Crippen molar-refractivity contribution in [2.24, 2.45) is 43.5 Å². The van der Waals surface area contributed by atoms with Crippen LogP contribution >= 0.6 is 0 Å². The number of hydrogen-bond acceptors (Lipinski definition) is 18. The van der Waals surface area contributed by atoms with Gasteiger partial charge in [-0.2, -0.15) is 64.3 Å². The van der Waals surface area contributed by atoms with E-state index < -0.39 is 180 Å². The van der Waals surface area contributed by atoms with E-state index in [0.29, 0.717) is 111 Å². The molecule has 7 aliphatic rings.